The lowest BCUT2D eigenvalue weighted by Gasteiger charge is -2.15. The van der Waals surface area contributed by atoms with Gasteiger partial charge >= 0.3 is 30.0 Å². The highest BCUT2D eigenvalue weighted by atomic mass is 19.4. The van der Waals surface area contributed by atoms with Crippen LogP contribution >= 0.6 is 0 Å². The van der Waals surface area contributed by atoms with Crippen LogP contribution in [0.3, 0.4) is 0 Å². The summed E-state index contributed by atoms with van der Waals surface area (Å²) in [5.74, 6) is -4.11. The molecular weight excluding hydrogens is 321 g/mol. The van der Waals surface area contributed by atoms with Crippen LogP contribution in [0.15, 0.2) is 24.3 Å². The van der Waals surface area contributed by atoms with Gasteiger partial charge in [0.05, 0.1) is 12.1 Å². The smallest absolute Gasteiger partial charge is 0.416 e. The molecule has 0 radical (unpaired) electrons. The van der Waals surface area contributed by atoms with E-state index in [4.69, 9.17) is 5.11 Å². The van der Waals surface area contributed by atoms with Gasteiger partial charge < -0.3 is 5.11 Å². The number of benzene rings is 1. The Morgan fingerprint density at radius 2 is 1.70 bits per heavy atom. The van der Waals surface area contributed by atoms with Crippen molar-refractivity contribution in [2.45, 2.75) is 12.7 Å². The van der Waals surface area contributed by atoms with Crippen LogP contribution in [0, 0.1) is 0 Å². The van der Waals surface area contributed by atoms with Gasteiger partial charge in [0.25, 0.3) is 0 Å². The van der Waals surface area contributed by atoms with Crippen LogP contribution in [-0.2, 0) is 27.1 Å². The van der Waals surface area contributed by atoms with Crippen molar-refractivity contribution in [1.29, 1.82) is 0 Å². The predicted octanol–water partition coefficient (Wildman–Crippen LogP) is 1.08. The highest BCUT2D eigenvalue weighted by Crippen LogP contribution is 2.30. The summed E-state index contributed by atoms with van der Waals surface area (Å²) < 4.78 is 37.9. The number of urea groups is 1. The Balaban J connectivity index is 2.23. The Morgan fingerprint density at radius 1 is 1.09 bits per heavy atom. The summed E-state index contributed by atoms with van der Waals surface area (Å²) in [5.41, 5.74) is -0.991. The van der Waals surface area contributed by atoms with E-state index in [9.17, 15) is 32.3 Å². The molecule has 10 heteroatoms. The molecule has 122 valence electrons. The largest absolute Gasteiger partial charge is 0.480 e. The molecule has 7 nitrogen and oxygen atoms in total. The molecule has 1 aromatic rings. The number of carboxylic acids is 1. The fourth-order valence-corrected chi connectivity index (χ4v) is 1.99. The first-order chi connectivity index (χ1) is 10.6. The van der Waals surface area contributed by atoms with E-state index in [1.54, 1.807) is 0 Å². The third-order valence-corrected chi connectivity index (χ3v) is 3.02. The highest BCUT2D eigenvalue weighted by molar-refractivity contribution is 6.44. The second-order valence-electron chi connectivity index (χ2n) is 4.66. The first-order valence-corrected chi connectivity index (χ1v) is 6.16. The van der Waals surface area contributed by atoms with Crippen molar-refractivity contribution >= 4 is 23.8 Å². The molecule has 23 heavy (non-hydrogen) atoms. The first kappa shape index (κ1) is 16.5. The summed E-state index contributed by atoms with van der Waals surface area (Å²) in [6.07, 6.45) is -4.60. The van der Waals surface area contributed by atoms with Crippen molar-refractivity contribution in [1.82, 2.24) is 9.80 Å². The average Bonchev–Trinajstić information content (AvgIpc) is 2.64. The number of imide groups is 2. The van der Waals surface area contributed by atoms with E-state index in [0.29, 0.717) is 4.90 Å². The van der Waals surface area contributed by atoms with E-state index in [-0.39, 0.29) is 10.5 Å². The average molecular weight is 330 g/mol. The fraction of sp³-hybridized carbons (Fsp3) is 0.231. The molecule has 1 heterocycles. The van der Waals surface area contributed by atoms with Crippen molar-refractivity contribution in [3.05, 3.63) is 35.4 Å². The molecule has 1 fully saturated rings. The molecule has 1 aromatic carbocycles. The van der Waals surface area contributed by atoms with Gasteiger partial charge in [-0.15, -0.1) is 0 Å². The Labute approximate surface area is 126 Å². The van der Waals surface area contributed by atoms with E-state index in [1.165, 1.54) is 6.07 Å². The number of hydrogen-bond acceptors (Lipinski definition) is 4. The third-order valence-electron chi connectivity index (χ3n) is 3.02. The van der Waals surface area contributed by atoms with Crippen LogP contribution in [0.5, 0.6) is 0 Å². The third kappa shape index (κ3) is 3.30. The van der Waals surface area contributed by atoms with Crippen LogP contribution < -0.4 is 0 Å². The summed E-state index contributed by atoms with van der Waals surface area (Å²) in [6.45, 7) is -1.56. The Hall–Kier alpha value is -2.91. The number of alkyl halides is 3. The molecule has 0 atom stereocenters. The second kappa shape index (κ2) is 5.71. The number of carbonyl (C=O) groups is 4. The van der Waals surface area contributed by atoms with Crippen LogP contribution in [0.25, 0.3) is 0 Å². The Bertz CT molecular complexity index is 701. The SMILES string of the molecule is O=C(O)CN1C(=O)C(=O)N(Cc2cccc(C(F)(F)F)c2)C1=O. The number of hydrogen-bond donors (Lipinski definition) is 1. The molecule has 1 aliphatic heterocycles. The van der Waals surface area contributed by atoms with Gasteiger partial charge in [-0.25, -0.2) is 9.69 Å². The summed E-state index contributed by atoms with van der Waals surface area (Å²) in [5, 5.41) is 8.60. The minimum Gasteiger partial charge on any atom is -0.480 e. The number of nitrogens with zero attached hydrogens (tertiary/aromatic N) is 2. The van der Waals surface area contributed by atoms with Crippen LogP contribution in [0.2, 0.25) is 0 Å². The Kier molecular flexibility index (Phi) is 4.08. The number of halogens is 3. The summed E-state index contributed by atoms with van der Waals surface area (Å²) in [7, 11) is 0. The van der Waals surface area contributed by atoms with Gasteiger partial charge in [-0.05, 0) is 17.7 Å². The maximum absolute atomic E-state index is 12.6. The molecule has 0 unspecified atom stereocenters. The monoisotopic (exact) mass is 330 g/mol. The van der Waals surface area contributed by atoms with Gasteiger partial charge in [-0.1, -0.05) is 12.1 Å². The number of carboxylic acid groups (broad SMARTS) is 1. The zero-order valence-corrected chi connectivity index (χ0v) is 11.3. The van der Waals surface area contributed by atoms with E-state index < -0.39 is 48.6 Å². The minimum absolute atomic E-state index is 0.0218. The molecule has 4 amide bonds. The van der Waals surface area contributed by atoms with Gasteiger partial charge in [-0.3, -0.25) is 19.3 Å². The molecule has 1 N–H and O–H groups in total. The van der Waals surface area contributed by atoms with Gasteiger partial charge in [0, 0.05) is 0 Å². The lowest BCUT2D eigenvalue weighted by atomic mass is 10.1. The van der Waals surface area contributed by atoms with Gasteiger partial charge in [-0.2, -0.15) is 13.2 Å². The number of rotatable bonds is 4. The molecule has 0 bridgehead atoms. The predicted molar refractivity (Wildman–Crippen MR) is 66.7 cm³/mol. The zero-order valence-electron chi connectivity index (χ0n) is 11.3. The van der Waals surface area contributed by atoms with Gasteiger partial charge in [0.2, 0.25) is 0 Å². The molecule has 2 rings (SSSR count). The number of amides is 4. The van der Waals surface area contributed by atoms with E-state index in [0.717, 1.165) is 18.2 Å². The van der Waals surface area contributed by atoms with Crippen molar-refractivity contribution in [2.75, 3.05) is 6.54 Å². The number of aliphatic carboxylic acids is 1. The lowest BCUT2D eigenvalue weighted by Crippen LogP contribution is -2.36. The Morgan fingerprint density at radius 3 is 2.26 bits per heavy atom. The summed E-state index contributed by atoms with van der Waals surface area (Å²) in [6, 6.07) is 2.73. The minimum atomic E-state index is -4.60. The van der Waals surface area contributed by atoms with Gasteiger partial charge in [0.1, 0.15) is 6.54 Å². The molecule has 0 spiro atoms. The van der Waals surface area contributed by atoms with Crippen LogP contribution in [0.4, 0.5) is 18.0 Å². The zero-order chi connectivity index (χ0) is 17.4. The highest BCUT2D eigenvalue weighted by Gasteiger charge is 2.45. The molecule has 0 saturated carbocycles. The quantitative estimate of drug-likeness (QED) is 0.658. The number of carbonyl (C=O) groups excluding carboxylic acids is 3. The molecule has 0 aliphatic carbocycles. The summed E-state index contributed by atoms with van der Waals surface area (Å²) >= 11 is 0. The van der Waals surface area contributed by atoms with Crippen molar-refractivity contribution in [2.24, 2.45) is 0 Å². The van der Waals surface area contributed by atoms with Crippen molar-refractivity contribution < 1.29 is 37.5 Å². The normalized spacial score (nSPS) is 15.5. The maximum atomic E-state index is 12.6. The van der Waals surface area contributed by atoms with E-state index >= 15 is 0 Å². The van der Waals surface area contributed by atoms with Crippen molar-refractivity contribution in [3.63, 3.8) is 0 Å². The molecule has 1 saturated heterocycles. The van der Waals surface area contributed by atoms with E-state index in [2.05, 4.69) is 0 Å². The van der Waals surface area contributed by atoms with E-state index in [1.807, 2.05) is 0 Å². The standard InChI is InChI=1S/C13H9F3N2O5/c14-13(15,16)8-3-1-2-7(4-8)5-17-10(21)11(22)18(12(17)23)6-9(19)20/h1-4H,5-6H2,(H,19,20). The summed E-state index contributed by atoms with van der Waals surface area (Å²) in [4.78, 5) is 46.3. The topological polar surface area (TPSA) is 95.0 Å². The fourth-order valence-electron chi connectivity index (χ4n) is 1.99. The molecular formula is C13H9F3N2O5. The maximum Gasteiger partial charge on any atom is 0.416 e. The van der Waals surface area contributed by atoms with Crippen LogP contribution in [0.1, 0.15) is 11.1 Å². The molecule has 0 aromatic heterocycles. The van der Waals surface area contributed by atoms with Gasteiger partial charge in [0.15, 0.2) is 0 Å². The molecule has 1 aliphatic rings. The lowest BCUT2D eigenvalue weighted by molar-refractivity contribution is -0.146. The first-order valence-electron chi connectivity index (χ1n) is 6.16. The van der Waals surface area contributed by atoms with Crippen LogP contribution in [-0.4, -0.2) is 45.3 Å². The van der Waals surface area contributed by atoms with Crippen molar-refractivity contribution in [3.8, 4) is 0 Å². The second-order valence-corrected chi connectivity index (χ2v) is 4.66.